The molecule has 0 saturated carbocycles. The van der Waals surface area contributed by atoms with E-state index in [0.29, 0.717) is 5.69 Å². The van der Waals surface area contributed by atoms with E-state index in [1.54, 1.807) is 21.0 Å². The van der Waals surface area contributed by atoms with Crippen LogP contribution in [0.4, 0.5) is 15.8 Å². The summed E-state index contributed by atoms with van der Waals surface area (Å²) < 4.78 is 17.9. The third-order valence-electron chi connectivity index (χ3n) is 2.43. The first-order valence-electron chi connectivity index (χ1n) is 5.24. The number of amides is 1. The second-order valence-electron chi connectivity index (χ2n) is 4.42. The van der Waals surface area contributed by atoms with Crippen LogP contribution >= 0.6 is 0 Å². The van der Waals surface area contributed by atoms with Gasteiger partial charge in [0.05, 0.1) is 23.4 Å². The number of carbonyl (C=O) groups is 1. The van der Waals surface area contributed by atoms with Crippen molar-refractivity contribution in [2.24, 2.45) is 0 Å². The molecule has 0 aliphatic rings. The third-order valence-corrected chi connectivity index (χ3v) is 2.43. The van der Waals surface area contributed by atoms with Gasteiger partial charge in [-0.05, 0) is 32.0 Å². The van der Waals surface area contributed by atoms with Crippen molar-refractivity contribution in [2.75, 3.05) is 18.2 Å². The van der Waals surface area contributed by atoms with Crippen LogP contribution in [0.25, 0.3) is 0 Å². The summed E-state index contributed by atoms with van der Waals surface area (Å²) in [6.45, 7) is 3.61. The Morgan fingerprint density at radius 2 is 2.18 bits per heavy atom. The summed E-state index contributed by atoms with van der Waals surface area (Å²) >= 11 is 0. The number of ether oxygens (including phenoxy) is 1. The van der Waals surface area contributed by atoms with Crippen LogP contribution in [-0.4, -0.2) is 18.6 Å². The Morgan fingerprint density at radius 3 is 2.71 bits per heavy atom. The molecule has 4 nitrogen and oxygen atoms in total. The molecule has 0 bridgehead atoms. The fourth-order valence-electron chi connectivity index (χ4n) is 1.30. The molecular weight excluding hydrogens is 223 g/mol. The number of nitrogens with one attached hydrogen (secondary N) is 1. The third kappa shape index (κ3) is 4.03. The van der Waals surface area contributed by atoms with Gasteiger partial charge >= 0.3 is 0 Å². The van der Waals surface area contributed by atoms with Gasteiger partial charge in [-0.3, -0.25) is 4.79 Å². The zero-order valence-corrected chi connectivity index (χ0v) is 10.2. The average molecular weight is 240 g/mol. The van der Waals surface area contributed by atoms with Crippen LogP contribution in [0, 0.1) is 5.82 Å². The normalized spacial score (nSPS) is 11.3. The van der Waals surface area contributed by atoms with E-state index in [9.17, 15) is 9.18 Å². The van der Waals surface area contributed by atoms with Crippen LogP contribution in [-0.2, 0) is 9.53 Å². The van der Waals surface area contributed by atoms with Gasteiger partial charge in [0, 0.05) is 7.11 Å². The van der Waals surface area contributed by atoms with Crippen LogP contribution in [0.2, 0.25) is 0 Å². The molecule has 1 amide bonds. The number of methoxy groups -OCH3 is 1. The molecule has 5 heteroatoms. The minimum Gasteiger partial charge on any atom is -0.397 e. The van der Waals surface area contributed by atoms with Crippen molar-refractivity contribution >= 4 is 17.3 Å². The molecule has 0 aromatic heterocycles. The summed E-state index contributed by atoms with van der Waals surface area (Å²) in [6.07, 6.45) is 0.195. The van der Waals surface area contributed by atoms with Crippen molar-refractivity contribution in [1.29, 1.82) is 0 Å². The van der Waals surface area contributed by atoms with E-state index < -0.39 is 11.4 Å². The molecule has 94 valence electrons. The Kier molecular flexibility index (Phi) is 4.07. The molecule has 3 N–H and O–H groups in total. The van der Waals surface area contributed by atoms with E-state index in [0.717, 1.165) is 6.07 Å². The highest BCUT2D eigenvalue weighted by atomic mass is 19.1. The Morgan fingerprint density at radius 1 is 1.53 bits per heavy atom. The largest absolute Gasteiger partial charge is 0.397 e. The second-order valence-corrected chi connectivity index (χ2v) is 4.42. The second kappa shape index (κ2) is 5.14. The zero-order chi connectivity index (χ0) is 13.1. The molecule has 0 unspecified atom stereocenters. The Labute approximate surface area is 100.0 Å². The fourth-order valence-corrected chi connectivity index (χ4v) is 1.30. The van der Waals surface area contributed by atoms with Crippen LogP contribution in [0.3, 0.4) is 0 Å². The maximum atomic E-state index is 12.8. The van der Waals surface area contributed by atoms with Crippen LogP contribution in [0.1, 0.15) is 20.3 Å². The molecule has 0 fully saturated rings. The van der Waals surface area contributed by atoms with E-state index >= 15 is 0 Å². The number of benzene rings is 1. The van der Waals surface area contributed by atoms with E-state index in [4.69, 9.17) is 10.5 Å². The summed E-state index contributed by atoms with van der Waals surface area (Å²) in [5.74, 6) is -0.659. The first-order valence-corrected chi connectivity index (χ1v) is 5.24. The molecule has 0 atom stereocenters. The van der Waals surface area contributed by atoms with E-state index in [1.165, 1.54) is 12.1 Å². The molecule has 1 aromatic rings. The lowest BCUT2D eigenvalue weighted by Crippen LogP contribution is -2.29. The lowest BCUT2D eigenvalue weighted by molar-refractivity contribution is -0.121. The fraction of sp³-hybridized carbons (Fsp3) is 0.417. The number of anilines is 2. The van der Waals surface area contributed by atoms with Crippen LogP contribution < -0.4 is 11.1 Å². The van der Waals surface area contributed by atoms with Crippen molar-refractivity contribution in [3.63, 3.8) is 0 Å². The van der Waals surface area contributed by atoms with Gasteiger partial charge in [0.15, 0.2) is 0 Å². The zero-order valence-electron chi connectivity index (χ0n) is 10.2. The number of halogens is 1. The maximum absolute atomic E-state index is 12.8. The summed E-state index contributed by atoms with van der Waals surface area (Å²) in [5, 5.41) is 2.62. The summed E-state index contributed by atoms with van der Waals surface area (Å²) in [5.41, 5.74) is 5.65. The SMILES string of the molecule is COC(C)(C)CC(=O)Nc1ccc(F)cc1N. The van der Waals surface area contributed by atoms with Crippen molar-refractivity contribution in [3.8, 4) is 0 Å². The summed E-state index contributed by atoms with van der Waals surface area (Å²) in [4.78, 5) is 11.7. The molecule has 17 heavy (non-hydrogen) atoms. The van der Waals surface area contributed by atoms with Gasteiger partial charge in [-0.2, -0.15) is 0 Å². The Bertz CT molecular complexity index is 419. The van der Waals surface area contributed by atoms with Gasteiger partial charge in [0.1, 0.15) is 5.82 Å². The van der Waals surface area contributed by atoms with Crippen molar-refractivity contribution in [1.82, 2.24) is 0 Å². The molecule has 1 rings (SSSR count). The molecule has 0 saturated heterocycles. The maximum Gasteiger partial charge on any atom is 0.227 e. The molecule has 0 aliphatic heterocycles. The van der Waals surface area contributed by atoms with Crippen molar-refractivity contribution < 1.29 is 13.9 Å². The molecule has 0 aliphatic carbocycles. The molecule has 0 spiro atoms. The lowest BCUT2D eigenvalue weighted by Gasteiger charge is -2.22. The predicted molar refractivity (Wildman–Crippen MR) is 65.1 cm³/mol. The first kappa shape index (κ1) is 13.4. The van der Waals surface area contributed by atoms with Gasteiger partial charge in [-0.15, -0.1) is 0 Å². The van der Waals surface area contributed by atoms with E-state index in [1.807, 2.05) is 0 Å². The highest BCUT2D eigenvalue weighted by Crippen LogP contribution is 2.21. The molecule has 1 aromatic carbocycles. The number of carbonyl (C=O) groups excluding carboxylic acids is 1. The highest BCUT2D eigenvalue weighted by molar-refractivity contribution is 5.94. The van der Waals surface area contributed by atoms with Crippen molar-refractivity contribution in [3.05, 3.63) is 24.0 Å². The van der Waals surface area contributed by atoms with Crippen LogP contribution in [0.5, 0.6) is 0 Å². The topological polar surface area (TPSA) is 64.3 Å². The minimum atomic E-state index is -0.543. The Balaban J connectivity index is 2.69. The smallest absolute Gasteiger partial charge is 0.227 e. The quantitative estimate of drug-likeness (QED) is 0.793. The number of nitrogen functional groups attached to an aromatic ring is 1. The lowest BCUT2D eigenvalue weighted by atomic mass is 10.0. The molecule has 0 heterocycles. The van der Waals surface area contributed by atoms with E-state index in [-0.39, 0.29) is 18.0 Å². The van der Waals surface area contributed by atoms with Crippen LogP contribution in [0.15, 0.2) is 18.2 Å². The first-order chi connectivity index (χ1) is 7.84. The highest BCUT2D eigenvalue weighted by Gasteiger charge is 2.21. The predicted octanol–water partition coefficient (Wildman–Crippen LogP) is 2.16. The van der Waals surface area contributed by atoms with Gasteiger partial charge < -0.3 is 15.8 Å². The monoisotopic (exact) mass is 240 g/mol. The van der Waals surface area contributed by atoms with Gasteiger partial charge in [-0.25, -0.2) is 4.39 Å². The minimum absolute atomic E-state index is 0.195. The number of rotatable bonds is 4. The van der Waals surface area contributed by atoms with E-state index in [2.05, 4.69) is 5.32 Å². The molecule has 0 radical (unpaired) electrons. The van der Waals surface area contributed by atoms with Gasteiger partial charge in [-0.1, -0.05) is 0 Å². The molecular formula is C12H17FN2O2. The van der Waals surface area contributed by atoms with Gasteiger partial charge in [0.25, 0.3) is 0 Å². The summed E-state index contributed by atoms with van der Waals surface area (Å²) in [6, 6.07) is 3.84. The number of hydrogen-bond donors (Lipinski definition) is 2. The van der Waals surface area contributed by atoms with Gasteiger partial charge in [0.2, 0.25) is 5.91 Å². The number of hydrogen-bond acceptors (Lipinski definition) is 3. The Hall–Kier alpha value is -1.62. The standard InChI is InChI=1S/C12H17FN2O2/c1-12(2,17-3)7-11(16)15-10-5-4-8(13)6-9(10)14/h4-6H,7,14H2,1-3H3,(H,15,16). The summed E-state index contributed by atoms with van der Waals surface area (Å²) in [7, 11) is 1.54. The number of nitrogens with two attached hydrogens (primary N) is 1. The average Bonchev–Trinajstić information content (AvgIpc) is 2.21. The van der Waals surface area contributed by atoms with Crippen molar-refractivity contribution in [2.45, 2.75) is 25.9 Å².